The van der Waals surface area contributed by atoms with Crippen LogP contribution in [0.5, 0.6) is 0 Å². The zero-order valence-electron chi connectivity index (χ0n) is 8.47. The van der Waals surface area contributed by atoms with E-state index in [0.717, 1.165) is 17.9 Å². The number of nitrogens with one attached hydrogen (secondary N) is 1. The first-order valence-electron chi connectivity index (χ1n) is 4.96. The van der Waals surface area contributed by atoms with Crippen LogP contribution in [-0.2, 0) is 0 Å². The van der Waals surface area contributed by atoms with Gasteiger partial charge in [-0.25, -0.2) is 0 Å². The Morgan fingerprint density at radius 3 is 2.58 bits per heavy atom. The Hall–Kier alpha value is 0.310. The minimum absolute atomic E-state index is 0.759. The summed E-state index contributed by atoms with van der Waals surface area (Å²) in [5.74, 6) is 3.09. The molecule has 0 heterocycles. The van der Waals surface area contributed by atoms with E-state index in [1.165, 1.54) is 25.1 Å². The van der Waals surface area contributed by atoms with Gasteiger partial charge in [0.1, 0.15) is 0 Å². The van der Waals surface area contributed by atoms with Gasteiger partial charge in [0.25, 0.3) is 0 Å². The molecule has 12 heavy (non-hydrogen) atoms. The lowest BCUT2D eigenvalue weighted by Crippen LogP contribution is -2.32. The van der Waals surface area contributed by atoms with E-state index in [1.54, 1.807) is 0 Å². The summed E-state index contributed by atoms with van der Waals surface area (Å²) in [6.07, 6.45) is 5.08. The van der Waals surface area contributed by atoms with Gasteiger partial charge in [-0.15, -0.1) is 0 Å². The van der Waals surface area contributed by atoms with Gasteiger partial charge in [-0.3, -0.25) is 0 Å². The van der Waals surface area contributed by atoms with Gasteiger partial charge in [-0.2, -0.15) is 11.8 Å². The van der Waals surface area contributed by atoms with Crippen LogP contribution in [-0.4, -0.2) is 24.6 Å². The van der Waals surface area contributed by atoms with Crippen LogP contribution in [0.4, 0.5) is 0 Å². The molecule has 1 rings (SSSR count). The van der Waals surface area contributed by atoms with Gasteiger partial charge in [0.15, 0.2) is 0 Å². The zero-order valence-corrected chi connectivity index (χ0v) is 9.29. The second-order valence-electron chi connectivity index (χ2n) is 4.09. The molecule has 1 aliphatic rings. The van der Waals surface area contributed by atoms with E-state index in [1.807, 2.05) is 11.8 Å². The van der Waals surface area contributed by atoms with Crippen molar-refractivity contribution >= 4 is 11.8 Å². The average Bonchev–Trinajstić information content (AvgIpc) is 2.83. The third kappa shape index (κ3) is 3.81. The molecule has 0 aromatic carbocycles. The summed E-state index contributed by atoms with van der Waals surface area (Å²) >= 11 is 1.95. The highest BCUT2D eigenvalue weighted by Gasteiger charge is 2.27. The normalized spacial score (nSPS) is 22.2. The molecule has 1 saturated carbocycles. The fourth-order valence-corrected chi connectivity index (χ4v) is 2.18. The molecule has 2 atom stereocenters. The van der Waals surface area contributed by atoms with Crippen LogP contribution in [0.1, 0.15) is 26.7 Å². The van der Waals surface area contributed by atoms with E-state index >= 15 is 0 Å². The summed E-state index contributed by atoms with van der Waals surface area (Å²) in [6, 6.07) is 0.759. The molecule has 0 saturated heterocycles. The Morgan fingerprint density at radius 1 is 1.42 bits per heavy atom. The van der Waals surface area contributed by atoms with Crippen LogP contribution in [0.15, 0.2) is 0 Å². The zero-order chi connectivity index (χ0) is 8.97. The van der Waals surface area contributed by atoms with Crippen molar-refractivity contribution in [2.45, 2.75) is 32.7 Å². The minimum atomic E-state index is 0.759. The van der Waals surface area contributed by atoms with E-state index in [-0.39, 0.29) is 0 Å². The van der Waals surface area contributed by atoms with Crippen molar-refractivity contribution in [2.24, 2.45) is 11.8 Å². The molecule has 0 spiro atoms. The second kappa shape index (κ2) is 5.13. The molecule has 2 unspecified atom stereocenters. The maximum Gasteiger partial charge on any atom is 0.00671 e. The van der Waals surface area contributed by atoms with Gasteiger partial charge >= 0.3 is 0 Å². The number of hydrogen-bond donors (Lipinski definition) is 1. The van der Waals surface area contributed by atoms with Gasteiger partial charge in [0.05, 0.1) is 0 Å². The van der Waals surface area contributed by atoms with Crippen LogP contribution in [0.2, 0.25) is 0 Å². The Balaban J connectivity index is 1.99. The van der Waals surface area contributed by atoms with Crippen molar-refractivity contribution in [3.63, 3.8) is 0 Å². The third-order valence-electron chi connectivity index (χ3n) is 2.57. The lowest BCUT2D eigenvalue weighted by Gasteiger charge is -2.16. The highest BCUT2D eigenvalue weighted by atomic mass is 32.2. The van der Waals surface area contributed by atoms with Crippen molar-refractivity contribution in [3.05, 3.63) is 0 Å². The van der Waals surface area contributed by atoms with Gasteiger partial charge in [0.2, 0.25) is 0 Å². The predicted octanol–water partition coefficient (Wildman–Crippen LogP) is 2.37. The largest absolute Gasteiger partial charge is 0.314 e. The molecule has 1 nitrogen and oxygen atoms in total. The Labute approximate surface area is 80.7 Å². The molecule has 0 aromatic heterocycles. The third-order valence-corrected chi connectivity index (χ3v) is 3.47. The van der Waals surface area contributed by atoms with E-state index in [0.29, 0.717) is 0 Å². The molecule has 72 valence electrons. The summed E-state index contributed by atoms with van der Waals surface area (Å²) in [4.78, 5) is 0. The average molecular weight is 187 g/mol. The second-order valence-corrected chi connectivity index (χ2v) is 5.01. The van der Waals surface area contributed by atoms with Crippen molar-refractivity contribution in [1.82, 2.24) is 5.32 Å². The summed E-state index contributed by atoms with van der Waals surface area (Å²) in [5.41, 5.74) is 0. The molecule has 1 fully saturated rings. The first-order valence-corrected chi connectivity index (χ1v) is 6.35. The summed E-state index contributed by atoms with van der Waals surface area (Å²) in [7, 11) is 0. The maximum atomic E-state index is 3.62. The highest BCUT2D eigenvalue weighted by Crippen LogP contribution is 2.32. The standard InChI is InChI=1S/C10H21NS/c1-8(7-12-3)6-11-9(2)10-4-5-10/h8-11H,4-7H2,1-3H3. The molecule has 0 aliphatic heterocycles. The molecule has 0 radical (unpaired) electrons. The molecular weight excluding hydrogens is 166 g/mol. The molecule has 0 amide bonds. The van der Waals surface area contributed by atoms with Crippen LogP contribution in [0.3, 0.4) is 0 Å². The molecular formula is C10H21NS. The lowest BCUT2D eigenvalue weighted by atomic mass is 10.1. The van der Waals surface area contributed by atoms with Gasteiger partial charge in [-0.1, -0.05) is 6.92 Å². The van der Waals surface area contributed by atoms with Crippen LogP contribution >= 0.6 is 11.8 Å². The number of thioether (sulfide) groups is 1. The summed E-state index contributed by atoms with van der Waals surface area (Å²) < 4.78 is 0. The Morgan fingerprint density at radius 2 is 2.08 bits per heavy atom. The fourth-order valence-electron chi connectivity index (χ4n) is 1.49. The first-order chi connectivity index (χ1) is 5.74. The number of hydrogen-bond acceptors (Lipinski definition) is 2. The smallest absolute Gasteiger partial charge is 0.00671 e. The van der Waals surface area contributed by atoms with Gasteiger partial charge in [-0.05, 0) is 50.2 Å². The molecule has 2 heteroatoms. The minimum Gasteiger partial charge on any atom is -0.314 e. The monoisotopic (exact) mass is 187 g/mol. The maximum absolute atomic E-state index is 3.62. The summed E-state index contributed by atoms with van der Waals surface area (Å²) in [6.45, 7) is 5.84. The predicted molar refractivity (Wildman–Crippen MR) is 57.7 cm³/mol. The molecule has 1 aliphatic carbocycles. The molecule has 0 aromatic rings. The lowest BCUT2D eigenvalue weighted by molar-refractivity contribution is 0.454. The summed E-state index contributed by atoms with van der Waals surface area (Å²) in [5, 5.41) is 3.62. The molecule has 0 bridgehead atoms. The van der Waals surface area contributed by atoms with Gasteiger partial charge in [0, 0.05) is 6.04 Å². The van der Waals surface area contributed by atoms with Crippen molar-refractivity contribution in [3.8, 4) is 0 Å². The van der Waals surface area contributed by atoms with Crippen LogP contribution < -0.4 is 5.32 Å². The van der Waals surface area contributed by atoms with E-state index < -0.39 is 0 Å². The van der Waals surface area contributed by atoms with Crippen molar-refractivity contribution < 1.29 is 0 Å². The van der Waals surface area contributed by atoms with Crippen LogP contribution in [0, 0.1) is 11.8 Å². The molecule has 1 N–H and O–H groups in total. The van der Waals surface area contributed by atoms with Crippen LogP contribution in [0.25, 0.3) is 0 Å². The van der Waals surface area contributed by atoms with Crippen molar-refractivity contribution in [1.29, 1.82) is 0 Å². The quantitative estimate of drug-likeness (QED) is 0.685. The van der Waals surface area contributed by atoms with E-state index in [2.05, 4.69) is 25.4 Å². The Bertz CT molecular complexity index is 123. The number of rotatable bonds is 6. The Kier molecular flexibility index (Phi) is 4.44. The van der Waals surface area contributed by atoms with Gasteiger partial charge < -0.3 is 5.32 Å². The van der Waals surface area contributed by atoms with E-state index in [4.69, 9.17) is 0 Å². The highest BCUT2D eigenvalue weighted by molar-refractivity contribution is 7.98. The topological polar surface area (TPSA) is 12.0 Å². The first kappa shape index (κ1) is 10.4. The SMILES string of the molecule is CSCC(C)CNC(C)C1CC1. The van der Waals surface area contributed by atoms with Crippen molar-refractivity contribution in [2.75, 3.05) is 18.6 Å². The fraction of sp³-hybridized carbons (Fsp3) is 1.00. The van der Waals surface area contributed by atoms with E-state index in [9.17, 15) is 0 Å².